The largest absolute Gasteiger partial charge is 0.236 e. The number of para-hydroxylation sites is 2. The number of nitrogens with zero attached hydrogens (tertiary/aromatic N) is 6. The molecule has 0 spiro atoms. The van der Waals surface area contributed by atoms with E-state index in [0.717, 1.165) is 101 Å². The third kappa shape index (κ3) is 7.44. The summed E-state index contributed by atoms with van der Waals surface area (Å²) in [5, 5.41) is 4.33. The van der Waals surface area contributed by atoms with Crippen LogP contribution in [0.5, 0.6) is 0 Å². The maximum Gasteiger partial charge on any atom is 0.134 e. The summed E-state index contributed by atoms with van der Waals surface area (Å²) in [5.41, 5.74) is 6.70. The molecule has 10 aromatic rings. The minimum absolute atomic E-state index is 0.309. The number of fused-ring (bicyclic) bond motifs is 7. The summed E-state index contributed by atoms with van der Waals surface area (Å²) in [7, 11) is -2.58. The van der Waals surface area contributed by atoms with Crippen molar-refractivity contribution in [1.82, 2.24) is 27.5 Å². The zero-order chi connectivity index (χ0) is 44.4. The van der Waals surface area contributed by atoms with Crippen LogP contribution in [0.1, 0.15) is 79.1 Å². The molecule has 11 rings (SSSR count). The molecule has 2 unspecified atom stereocenters. The van der Waals surface area contributed by atoms with E-state index in [0.29, 0.717) is 56.2 Å². The fourth-order valence-corrected chi connectivity index (χ4v) is 23.8. The molecule has 0 N–H and O–H groups in total. The topological polar surface area (TPSA) is 77.3 Å². The molecule has 6 nitrogen and oxygen atoms in total. The van der Waals surface area contributed by atoms with E-state index >= 15 is 8.78 Å². The van der Waals surface area contributed by atoms with Crippen LogP contribution in [0.4, 0.5) is 8.78 Å². The van der Waals surface area contributed by atoms with Crippen LogP contribution in [0, 0.1) is 23.5 Å². The highest BCUT2D eigenvalue weighted by atomic mass is 32.1. The Hall–Kier alpha value is -4.22. The molecule has 1 aliphatic heterocycles. The number of aromatic nitrogens is 6. The minimum Gasteiger partial charge on any atom is -0.236 e. The van der Waals surface area contributed by atoms with E-state index in [9.17, 15) is 0 Å². The van der Waals surface area contributed by atoms with E-state index in [4.69, 9.17) is 27.5 Å². The Morgan fingerprint density at radius 3 is 1.38 bits per heavy atom. The number of benzene rings is 4. The lowest BCUT2D eigenvalue weighted by molar-refractivity contribution is 0.469. The van der Waals surface area contributed by atoms with Crippen LogP contribution < -0.4 is 10.4 Å². The number of thiophene rings is 2. The standard InChI is InChI=1S/C50H46F2N6S6Si/c1-5-9-15-27(7-3)25-65(26-28(8-4)16-10-6-2)39-23-37(41-31(51)21-29(43-45(41)57-63-55-43)49-53-33-17-11-13-19-35(33)61-49)59-47(39)48-40(65)24-38(60-48)42-32(52)22-30(44-46(42)58-64-56-44)50-54-34-18-12-14-20-36(34)62-50/h11-14,17-24,27-28H,5-10,15-16,25-26H2,1-4H3. The predicted molar refractivity (Wildman–Crippen MR) is 279 cm³/mol. The Labute approximate surface area is 402 Å². The predicted octanol–water partition coefficient (Wildman–Crippen LogP) is 16.0. The van der Waals surface area contributed by atoms with Gasteiger partial charge in [0.2, 0.25) is 0 Å². The number of unbranched alkanes of at least 4 members (excludes halogenated alkanes) is 2. The average Bonchev–Trinajstić information content (AvgIpc) is 4.19. The quantitative estimate of drug-likeness (QED) is 0.0898. The van der Waals surface area contributed by atoms with Crippen LogP contribution in [-0.2, 0) is 0 Å². The van der Waals surface area contributed by atoms with Crippen molar-refractivity contribution in [3.05, 3.63) is 84.4 Å². The van der Waals surface area contributed by atoms with E-state index < -0.39 is 8.07 Å². The van der Waals surface area contributed by atoms with E-state index in [-0.39, 0.29) is 11.6 Å². The second-order valence-electron chi connectivity index (χ2n) is 17.5. The van der Waals surface area contributed by atoms with Gasteiger partial charge in [-0.2, -0.15) is 17.5 Å². The van der Waals surface area contributed by atoms with E-state index in [1.165, 1.54) is 45.8 Å². The molecule has 0 aliphatic carbocycles. The first-order chi connectivity index (χ1) is 31.8. The molecule has 0 bridgehead atoms. The lowest BCUT2D eigenvalue weighted by Crippen LogP contribution is -2.56. The summed E-state index contributed by atoms with van der Waals surface area (Å²) in [6, 6.07) is 26.3. The van der Waals surface area contributed by atoms with Crippen molar-refractivity contribution in [2.45, 2.75) is 91.1 Å². The third-order valence-electron chi connectivity index (χ3n) is 13.6. The average molecular weight is 989 g/mol. The molecule has 1 aliphatic rings. The summed E-state index contributed by atoms with van der Waals surface area (Å²) >= 11 is 8.72. The summed E-state index contributed by atoms with van der Waals surface area (Å²) in [6.07, 6.45) is 9.31. The lowest BCUT2D eigenvalue weighted by atomic mass is 10.0. The van der Waals surface area contributed by atoms with Gasteiger partial charge in [-0.3, -0.25) is 0 Å². The van der Waals surface area contributed by atoms with Gasteiger partial charge in [-0.05, 0) is 82.8 Å². The monoisotopic (exact) mass is 988 g/mol. The molecule has 65 heavy (non-hydrogen) atoms. The first-order valence-electron chi connectivity index (χ1n) is 22.7. The van der Waals surface area contributed by atoms with Gasteiger partial charge in [0.05, 0.1) is 55.0 Å². The third-order valence-corrected chi connectivity index (χ3v) is 25.0. The molecule has 0 amide bonds. The highest BCUT2D eigenvalue weighted by Crippen LogP contribution is 2.52. The maximum atomic E-state index is 17.1. The highest BCUT2D eigenvalue weighted by Gasteiger charge is 2.50. The second kappa shape index (κ2) is 17.8. The summed E-state index contributed by atoms with van der Waals surface area (Å²) in [6.45, 7) is 9.29. The first-order valence-corrected chi connectivity index (χ1v) is 29.9. The minimum atomic E-state index is -2.58. The fourth-order valence-electron chi connectivity index (χ4n) is 10.2. The van der Waals surface area contributed by atoms with E-state index in [2.05, 4.69) is 39.8 Å². The second-order valence-corrected chi connectivity index (χ2v) is 26.8. The van der Waals surface area contributed by atoms with Gasteiger partial charge in [-0.15, -0.1) is 45.3 Å². The van der Waals surface area contributed by atoms with Crippen LogP contribution in [0.15, 0.2) is 72.8 Å². The van der Waals surface area contributed by atoms with Crippen molar-refractivity contribution in [3.8, 4) is 51.8 Å². The highest BCUT2D eigenvalue weighted by molar-refractivity contribution is 7.32. The van der Waals surface area contributed by atoms with Gasteiger partial charge in [-0.1, -0.05) is 103 Å². The molecule has 7 heterocycles. The van der Waals surface area contributed by atoms with Gasteiger partial charge in [0, 0.05) is 30.6 Å². The van der Waals surface area contributed by atoms with Crippen LogP contribution in [0.25, 0.3) is 94.3 Å². The Bertz CT molecular complexity index is 3090. The molecule has 2 atom stereocenters. The van der Waals surface area contributed by atoms with Crippen LogP contribution >= 0.6 is 68.8 Å². The molecule has 0 saturated carbocycles. The van der Waals surface area contributed by atoms with Gasteiger partial charge in [-0.25, -0.2) is 18.7 Å². The normalized spacial score (nSPS) is 14.3. The number of halogens is 2. The molecular formula is C50H46F2N6S6Si. The van der Waals surface area contributed by atoms with Gasteiger partial charge < -0.3 is 0 Å². The zero-order valence-electron chi connectivity index (χ0n) is 36.5. The van der Waals surface area contributed by atoms with Crippen molar-refractivity contribution in [2.75, 3.05) is 0 Å². The van der Waals surface area contributed by atoms with E-state index in [1.54, 1.807) is 57.5 Å². The molecule has 0 fully saturated rings. The van der Waals surface area contributed by atoms with Crippen LogP contribution in [0.2, 0.25) is 12.1 Å². The van der Waals surface area contributed by atoms with Crippen molar-refractivity contribution in [1.29, 1.82) is 0 Å². The van der Waals surface area contributed by atoms with Crippen LogP contribution in [0.3, 0.4) is 0 Å². The SMILES string of the molecule is CCCCC(CC)C[Si]1(CC(CC)CCCC)c2cc(-c3c(F)cc(-c4nc5ccccc5s4)c4nsnc34)sc2-c2sc(-c3c(F)cc(-c4nc5ccccc5s4)c4nsnc34)cc21. The summed E-state index contributed by atoms with van der Waals surface area (Å²) in [5.74, 6) is 0.483. The molecule has 15 heteroatoms. The Morgan fingerprint density at radius 1 is 0.538 bits per heavy atom. The summed E-state index contributed by atoms with van der Waals surface area (Å²) < 4.78 is 55.5. The van der Waals surface area contributed by atoms with Crippen molar-refractivity contribution >= 4 is 130 Å². The number of thiazole rings is 2. The molecule has 6 aromatic heterocycles. The Kier molecular flexibility index (Phi) is 11.9. The van der Waals surface area contributed by atoms with Gasteiger partial charge >= 0.3 is 0 Å². The van der Waals surface area contributed by atoms with Crippen molar-refractivity contribution in [3.63, 3.8) is 0 Å². The molecule has 330 valence electrons. The number of hydrogen-bond acceptors (Lipinski definition) is 12. The van der Waals surface area contributed by atoms with Crippen molar-refractivity contribution in [2.24, 2.45) is 11.8 Å². The van der Waals surface area contributed by atoms with Crippen LogP contribution in [-0.4, -0.2) is 35.5 Å². The fraction of sp³-hybridized carbons (Fsp3) is 0.320. The summed E-state index contributed by atoms with van der Waals surface area (Å²) in [4.78, 5) is 14.0. The smallest absolute Gasteiger partial charge is 0.134 e. The van der Waals surface area contributed by atoms with Crippen molar-refractivity contribution < 1.29 is 8.78 Å². The molecule has 4 aromatic carbocycles. The Morgan fingerprint density at radius 2 is 0.969 bits per heavy atom. The lowest BCUT2D eigenvalue weighted by Gasteiger charge is -2.35. The Balaban J connectivity index is 1.10. The van der Waals surface area contributed by atoms with Gasteiger partial charge in [0.15, 0.2) is 0 Å². The van der Waals surface area contributed by atoms with Gasteiger partial charge in [0.1, 0.15) is 51.8 Å². The van der Waals surface area contributed by atoms with E-state index in [1.807, 2.05) is 48.5 Å². The molecule has 0 radical (unpaired) electrons. The number of hydrogen-bond donors (Lipinski definition) is 0. The first kappa shape index (κ1) is 43.4. The zero-order valence-corrected chi connectivity index (χ0v) is 42.4. The molecular weight excluding hydrogens is 943 g/mol. The maximum absolute atomic E-state index is 17.1. The molecule has 0 saturated heterocycles. The number of rotatable bonds is 16. The van der Waals surface area contributed by atoms with Gasteiger partial charge in [0.25, 0.3) is 0 Å².